The zero-order chi connectivity index (χ0) is 42.0. The third kappa shape index (κ3) is 8.35. The molecule has 0 spiro atoms. The molecule has 0 unspecified atom stereocenters. The number of methoxy groups -OCH3 is 1. The van der Waals surface area contributed by atoms with Crippen LogP contribution in [-0.4, -0.2) is 130 Å². The number of esters is 4. The van der Waals surface area contributed by atoms with E-state index in [0.29, 0.717) is 48.5 Å². The fourth-order valence-electron chi connectivity index (χ4n) is 5.31. The van der Waals surface area contributed by atoms with Gasteiger partial charge in [-0.15, -0.1) is 0 Å². The number of carbonyl (C=O) groups is 4. The van der Waals surface area contributed by atoms with E-state index in [2.05, 4.69) is 0 Å². The fourth-order valence-corrected chi connectivity index (χ4v) is 5.31. The van der Waals surface area contributed by atoms with Gasteiger partial charge in [0.05, 0.1) is 22.3 Å². The molecule has 1 heterocycles. The summed E-state index contributed by atoms with van der Waals surface area (Å²) in [5.41, 5.74) is -2.50. The number of carbonyl (C=O) groups excluding carboxylic acids is 4. The van der Waals surface area contributed by atoms with Crippen LogP contribution >= 0.6 is 0 Å². The molecule has 12 N–H and O–H groups in total. The maximum atomic E-state index is 13.6. The van der Waals surface area contributed by atoms with Gasteiger partial charge in [-0.05, 0) is 48.5 Å². The smallest absolute Gasteiger partial charge is 0.339 e. The largest absolute Gasteiger partial charge is 0.504 e. The molecule has 4 aromatic rings. The Morgan fingerprint density at radius 1 is 0.456 bits per heavy atom. The number of ether oxygens (including phenoxy) is 6. The second-order valence-electron chi connectivity index (χ2n) is 11.9. The predicted octanol–water partition coefficient (Wildman–Crippen LogP) is 1.36. The number of phenols is 12. The molecule has 0 saturated carbocycles. The van der Waals surface area contributed by atoms with Crippen LogP contribution < -0.4 is 0 Å². The molecule has 0 aromatic heterocycles. The van der Waals surface area contributed by atoms with Crippen molar-refractivity contribution >= 4 is 23.9 Å². The van der Waals surface area contributed by atoms with Gasteiger partial charge in [0.1, 0.15) is 12.7 Å². The van der Waals surface area contributed by atoms with E-state index in [1.165, 1.54) is 0 Å². The first-order chi connectivity index (χ1) is 26.8. The average molecular weight is 803 g/mol. The van der Waals surface area contributed by atoms with Crippen molar-refractivity contribution in [3.05, 3.63) is 70.8 Å². The summed E-state index contributed by atoms with van der Waals surface area (Å²) in [5, 5.41) is 119. The van der Waals surface area contributed by atoms with Gasteiger partial charge in [-0.25, -0.2) is 19.2 Å². The Morgan fingerprint density at radius 3 is 1.05 bits per heavy atom. The van der Waals surface area contributed by atoms with Crippen molar-refractivity contribution in [2.24, 2.45) is 0 Å². The molecule has 1 aliphatic rings. The lowest BCUT2D eigenvalue weighted by Crippen LogP contribution is -2.63. The lowest BCUT2D eigenvalue weighted by molar-refractivity contribution is -0.291. The molecule has 0 amide bonds. The zero-order valence-electron chi connectivity index (χ0n) is 28.7. The molecule has 0 bridgehead atoms. The van der Waals surface area contributed by atoms with Gasteiger partial charge in [0, 0.05) is 7.11 Å². The van der Waals surface area contributed by atoms with E-state index in [0.717, 1.165) is 7.11 Å². The Hall–Kier alpha value is -7.72. The van der Waals surface area contributed by atoms with Gasteiger partial charge in [-0.3, -0.25) is 0 Å². The molecule has 1 aliphatic heterocycles. The van der Waals surface area contributed by atoms with Gasteiger partial charge in [-0.2, -0.15) is 0 Å². The number of phenolic OH excluding ortho intramolecular Hbond substituents is 12. The van der Waals surface area contributed by atoms with Crippen LogP contribution in [0.25, 0.3) is 0 Å². The zero-order valence-corrected chi connectivity index (χ0v) is 28.7. The molecule has 5 atom stereocenters. The Labute approximate surface area is 316 Å². The lowest BCUT2D eigenvalue weighted by Gasteiger charge is -2.44. The number of benzene rings is 4. The van der Waals surface area contributed by atoms with Gasteiger partial charge in [0.25, 0.3) is 0 Å². The van der Waals surface area contributed by atoms with Crippen LogP contribution in [0.3, 0.4) is 0 Å². The Morgan fingerprint density at radius 2 is 0.737 bits per heavy atom. The van der Waals surface area contributed by atoms with E-state index in [4.69, 9.17) is 28.4 Å². The summed E-state index contributed by atoms with van der Waals surface area (Å²) in [4.78, 5) is 53.6. The van der Waals surface area contributed by atoms with Gasteiger partial charge in [0.2, 0.25) is 0 Å². The van der Waals surface area contributed by atoms with Crippen molar-refractivity contribution in [1.82, 2.24) is 0 Å². The van der Waals surface area contributed by atoms with Crippen molar-refractivity contribution in [1.29, 1.82) is 0 Å². The third-order valence-corrected chi connectivity index (χ3v) is 8.15. The highest BCUT2D eigenvalue weighted by atomic mass is 16.7. The second kappa shape index (κ2) is 15.9. The van der Waals surface area contributed by atoms with Crippen LogP contribution in [0.2, 0.25) is 0 Å². The van der Waals surface area contributed by atoms with Crippen LogP contribution in [0, 0.1) is 0 Å². The first kappa shape index (κ1) is 40.5. The molecule has 57 heavy (non-hydrogen) atoms. The topological polar surface area (TPSA) is 366 Å². The van der Waals surface area contributed by atoms with Crippen LogP contribution in [0.15, 0.2) is 48.5 Å². The summed E-state index contributed by atoms with van der Waals surface area (Å²) in [5.74, 6) is -17.6. The van der Waals surface area contributed by atoms with E-state index in [-0.39, 0.29) is 0 Å². The molecule has 0 aliphatic carbocycles. The summed E-state index contributed by atoms with van der Waals surface area (Å²) in [6.45, 7) is -1.000. The van der Waals surface area contributed by atoms with Gasteiger partial charge in [0.15, 0.2) is 93.6 Å². The van der Waals surface area contributed by atoms with E-state index >= 15 is 0 Å². The standard InChI is InChI=1S/C35H30O22/c1-52-35-30(57-34(51)14-8-21(42)27(47)22(43)9-14)29(56-33(50)13-6-19(40)26(46)20(41)7-13)28(55-32(49)12-4-17(38)25(45)18(39)5-12)23(54-35)10-53-31(48)11-2-15(36)24(44)16(37)3-11/h2-9,23,28-30,35-47H,10H2,1H3/t23-,28-,29+,30-,35-/m1/s1. The monoisotopic (exact) mass is 802 g/mol. The van der Waals surface area contributed by atoms with Crippen molar-refractivity contribution in [3.8, 4) is 69.0 Å². The number of hydrogen-bond donors (Lipinski definition) is 12. The summed E-state index contributed by atoms with van der Waals surface area (Å²) in [6, 6.07) is 5.29. The van der Waals surface area contributed by atoms with Crippen molar-refractivity contribution < 1.29 is 109 Å². The van der Waals surface area contributed by atoms with Crippen LogP contribution in [-0.2, 0) is 28.4 Å². The summed E-state index contributed by atoms with van der Waals surface area (Å²) >= 11 is 0. The Balaban J connectivity index is 1.60. The van der Waals surface area contributed by atoms with E-state index in [1.807, 2.05) is 0 Å². The summed E-state index contributed by atoms with van der Waals surface area (Å²) in [7, 11) is 0.984. The highest BCUT2D eigenvalue weighted by Gasteiger charge is 2.53. The fraction of sp³-hybridized carbons (Fsp3) is 0.200. The first-order valence-electron chi connectivity index (χ1n) is 15.8. The van der Waals surface area contributed by atoms with Gasteiger partial charge >= 0.3 is 23.9 Å². The van der Waals surface area contributed by atoms with Crippen molar-refractivity contribution in [3.63, 3.8) is 0 Å². The lowest BCUT2D eigenvalue weighted by atomic mass is 9.97. The highest BCUT2D eigenvalue weighted by molar-refractivity contribution is 5.93. The predicted molar refractivity (Wildman–Crippen MR) is 179 cm³/mol. The second-order valence-corrected chi connectivity index (χ2v) is 11.9. The Kier molecular flexibility index (Phi) is 11.3. The normalized spacial score (nSPS) is 18.9. The van der Waals surface area contributed by atoms with E-state index < -0.39 is 152 Å². The molecular weight excluding hydrogens is 772 g/mol. The van der Waals surface area contributed by atoms with Crippen LogP contribution in [0.4, 0.5) is 0 Å². The molecule has 0 radical (unpaired) electrons. The number of hydrogen-bond acceptors (Lipinski definition) is 22. The molecule has 22 nitrogen and oxygen atoms in total. The molecule has 1 saturated heterocycles. The number of rotatable bonds is 10. The van der Waals surface area contributed by atoms with Crippen molar-refractivity contribution in [2.45, 2.75) is 30.7 Å². The minimum absolute atomic E-state index is 0.535. The molecular formula is C35H30O22. The quantitative estimate of drug-likeness (QED) is 0.0611. The molecule has 5 rings (SSSR count). The maximum Gasteiger partial charge on any atom is 0.339 e. The average Bonchev–Trinajstić information content (AvgIpc) is 3.16. The molecule has 302 valence electrons. The Bertz CT molecular complexity index is 2160. The van der Waals surface area contributed by atoms with Crippen LogP contribution in [0.5, 0.6) is 69.0 Å². The minimum Gasteiger partial charge on any atom is -0.504 e. The number of aromatic hydroxyl groups is 12. The molecule has 1 fully saturated rings. The van der Waals surface area contributed by atoms with Gasteiger partial charge in [-0.1, -0.05) is 0 Å². The third-order valence-electron chi connectivity index (χ3n) is 8.15. The first-order valence-corrected chi connectivity index (χ1v) is 15.8. The minimum atomic E-state index is -2.17. The highest BCUT2D eigenvalue weighted by Crippen LogP contribution is 2.40. The molecule has 4 aromatic carbocycles. The maximum absolute atomic E-state index is 13.6. The van der Waals surface area contributed by atoms with Gasteiger partial charge < -0.3 is 89.7 Å². The SMILES string of the molecule is CO[C@@H]1O[C@H](COC(=O)c2cc(O)c(O)c(O)c2)[C@@H](OC(=O)c2cc(O)c(O)c(O)c2)[C@H](OC(=O)c2cc(O)c(O)c(O)c2)[C@H]1OC(=O)c1cc(O)c(O)c(O)c1. The van der Waals surface area contributed by atoms with Crippen molar-refractivity contribution in [2.75, 3.05) is 13.7 Å². The molecule has 22 heteroatoms. The van der Waals surface area contributed by atoms with E-state index in [1.54, 1.807) is 0 Å². The van der Waals surface area contributed by atoms with Crippen LogP contribution in [0.1, 0.15) is 41.4 Å². The summed E-state index contributed by atoms with van der Waals surface area (Å²) < 4.78 is 33.0. The summed E-state index contributed by atoms with van der Waals surface area (Å²) in [6.07, 6.45) is -10.1. The van der Waals surface area contributed by atoms with E-state index in [9.17, 15) is 80.5 Å².